The van der Waals surface area contributed by atoms with Crippen LogP contribution in [0.5, 0.6) is 0 Å². The molecule has 98 valence electrons. The molecule has 0 aromatic carbocycles. The SMILES string of the molecule is CCCCCCCC(=O)N(CC(=O)O)C1CC1. The molecule has 0 aliphatic heterocycles. The fourth-order valence-corrected chi connectivity index (χ4v) is 1.98. The number of carboxylic acid groups (broad SMARTS) is 1. The van der Waals surface area contributed by atoms with Gasteiger partial charge in [0.25, 0.3) is 0 Å². The van der Waals surface area contributed by atoms with Crippen LogP contribution in [0.1, 0.15) is 58.3 Å². The molecule has 1 amide bonds. The average molecular weight is 241 g/mol. The van der Waals surface area contributed by atoms with Gasteiger partial charge in [-0.05, 0) is 19.3 Å². The van der Waals surface area contributed by atoms with Gasteiger partial charge in [0.05, 0.1) is 0 Å². The summed E-state index contributed by atoms with van der Waals surface area (Å²) in [6, 6.07) is 0.203. The van der Waals surface area contributed by atoms with E-state index in [1.165, 1.54) is 19.3 Å². The summed E-state index contributed by atoms with van der Waals surface area (Å²) >= 11 is 0. The number of unbranched alkanes of at least 4 members (excludes halogenated alkanes) is 4. The van der Waals surface area contributed by atoms with Crippen molar-refractivity contribution < 1.29 is 14.7 Å². The van der Waals surface area contributed by atoms with Crippen LogP contribution < -0.4 is 0 Å². The van der Waals surface area contributed by atoms with Crippen LogP contribution in [0.2, 0.25) is 0 Å². The molecule has 0 atom stereocenters. The fraction of sp³-hybridized carbons (Fsp3) is 0.846. The number of rotatable bonds is 9. The smallest absolute Gasteiger partial charge is 0.323 e. The molecule has 1 aliphatic rings. The summed E-state index contributed by atoms with van der Waals surface area (Å²) in [4.78, 5) is 24.1. The zero-order valence-corrected chi connectivity index (χ0v) is 10.7. The molecule has 0 saturated heterocycles. The van der Waals surface area contributed by atoms with Crippen molar-refractivity contribution in [2.24, 2.45) is 0 Å². The minimum atomic E-state index is -0.906. The van der Waals surface area contributed by atoms with Gasteiger partial charge in [0, 0.05) is 12.5 Å². The van der Waals surface area contributed by atoms with E-state index in [1.54, 1.807) is 4.90 Å². The maximum Gasteiger partial charge on any atom is 0.323 e. The van der Waals surface area contributed by atoms with Crippen LogP contribution in [0, 0.1) is 0 Å². The molecule has 1 fully saturated rings. The lowest BCUT2D eigenvalue weighted by Gasteiger charge is -2.20. The summed E-state index contributed by atoms with van der Waals surface area (Å²) in [7, 11) is 0. The van der Waals surface area contributed by atoms with E-state index in [9.17, 15) is 9.59 Å². The first kappa shape index (κ1) is 14.0. The van der Waals surface area contributed by atoms with Gasteiger partial charge < -0.3 is 10.0 Å². The van der Waals surface area contributed by atoms with Crippen LogP contribution in [0.25, 0.3) is 0 Å². The molecule has 0 heterocycles. The van der Waals surface area contributed by atoms with Crippen LogP contribution in [-0.2, 0) is 9.59 Å². The summed E-state index contributed by atoms with van der Waals surface area (Å²) in [6.07, 6.45) is 7.99. The number of hydrogen-bond acceptors (Lipinski definition) is 2. The van der Waals surface area contributed by atoms with E-state index in [-0.39, 0.29) is 18.5 Å². The lowest BCUT2D eigenvalue weighted by Crippen LogP contribution is -2.37. The molecule has 1 saturated carbocycles. The maximum atomic E-state index is 11.9. The molecule has 1 rings (SSSR count). The molecule has 4 heteroatoms. The minimum Gasteiger partial charge on any atom is -0.480 e. The van der Waals surface area contributed by atoms with Gasteiger partial charge >= 0.3 is 5.97 Å². The van der Waals surface area contributed by atoms with Crippen molar-refractivity contribution in [3.8, 4) is 0 Å². The molecule has 4 nitrogen and oxygen atoms in total. The Labute approximate surface area is 103 Å². The van der Waals surface area contributed by atoms with E-state index < -0.39 is 5.97 Å². The van der Waals surface area contributed by atoms with Gasteiger partial charge in [0.15, 0.2) is 0 Å². The zero-order chi connectivity index (χ0) is 12.7. The van der Waals surface area contributed by atoms with Gasteiger partial charge in [0.1, 0.15) is 6.54 Å². The van der Waals surface area contributed by atoms with Gasteiger partial charge in [-0.3, -0.25) is 9.59 Å². The first-order valence-corrected chi connectivity index (χ1v) is 6.66. The number of carbonyl (C=O) groups excluding carboxylic acids is 1. The summed E-state index contributed by atoms with van der Waals surface area (Å²) < 4.78 is 0. The summed E-state index contributed by atoms with van der Waals surface area (Å²) in [5.41, 5.74) is 0. The third kappa shape index (κ3) is 5.71. The van der Waals surface area contributed by atoms with E-state index in [1.807, 2.05) is 0 Å². The molecular weight excluding hydrogens is 218 g/mol. The van der Waals surface area contributed by atoms with Crippen LogP contribution in [0.4, 0.5) is 0 Å². The number of nitrogens with zero attached hydrogens (tertiary/aromatic N) is 1. The maximum absolute atomic E-state index is 11.9. The van der Waals surface area contributed by atoms with Gasteiger partial charge in [0.2, 0.25) is 5.91 Å². The second-order valence-electron chi connectivity index (χ2n) is 4.81. The van der Waals surface area contributed by atoms with E-state index in [0.717, 1.165) is 25.7 Å². The van der Waals surface area contributed by atoms with Crippen molar-refractivity contribution in [2.75, 3.05) is 6.54 Å². The van der Waals surface area contributed by atoms with Crippen molar-refractivity contribution in [2.45, 2.75) is 64.3 Å². The Kier molecular flexibility index (Phi) is 6.01. The van der Waals surface area contributed by atoms with Gasteiger partial charge in [-0.15, -0.1) is 0 Å². The van der Waals surface area contributed by atoms with Crippen molar-refractivity contribution in [1.82, 2.24) is 4.90 Å². The van der Waals surface area contributed by atoms with E-state index in [0.29, 0.717) is 6.42 Å². The Balaban J connectivity index is 2.20. The minimum absolute atomic E-state index is 0.0198. The highest BCUT2D eigenvalue weighted by molar-refractivity contribution is 5.81. The van der Waals surface area contributed by atoms with Crippen LogP contribution in [0.3, 0.4) is 0 Å². The third-order valence-corrected chi connectivity index (χ3v) is 3.11. The third-order valence-electron chi connectivity index (χ3n) is 3.11. The van der Waals surface area contributed by atoms with E-state index in [4.69, 9.17) is 5.11 Å². The van der Waals surface area contributed by atoms with Crippen LogP contribution in [0.15, 0.2) is 0 Å². The second kappa shape index (κ2) is 7.30. The Hall–Kier alpha value is -1.06. The van der Waals surface area contributed by atoms with Gasteiger partial charge in [-0.1, -0.05) is 32.6 Å². The Morgan fingerprint density at radius 1 is 1.18 bits per heavy atom. The van der Waals surface area contributed by atoms with Crippen LogP contribution in [-0.4, -0.2) is 34.5 Å². The quantitative estimate of drug-likeness (QED) is 0.631. The topological polar surface area (TPSA) is 57.6 Å². The first-order chi connectivity index (χ1) is 8.15. The van der Waals surface area contributed by atoms with Crippen molar-refractivity contribution >= 4 is 11.9 Å². The van der Waals surface area contributed by atoms with E-state index in [2.05, 4.69) is 6.92 Å². The van der Waals surface area contributed by atoms with Gasteiger partial charge in [-0.2, -0.15) is 0 Å². The largest absolute Gasteiger partial charge is 0.480 e. The lowest BCUT2D eigenvalue weighted by molar-refractivity contribution is -0.145. The lowest BCUT2D eigenvalue weighted by atomic mass is 10.1. The molecule has 0 aromatic rings. The predicted octanol–water partition coefficient (Wildman–Crippen LogP) is 2.42. The number of carbonyl (C=O) groups is 2. The average Bonchev–Trinajstić information content (AvgIpc) is 3.09. The van der Waals surface area contributed by atoms with Gasteiger partial charge in [-0.25, -0.2) is 0 Å². The molecule has 0 aromatic heterocycles. The molecule has 1 aliphatic carbocycles. The predicted molar refractivity (Wildman–Crippen MR) is 65.7 cm³/mol. The highest BCUT2D eigenvalue weighted by Crippen LogP contribution is 2.27. The normalized spacial score (nSPS) is 14.6. The molecule has 1 N–H and O–H groups in total. The molecular formula is C13H23NO3. The zero-order valence-electron chi connectivity index (χ0n) is 10.7. The molecule has 0 bridgehead atoms. The first-order valence-electron chi connectivity index (χ1n) is 6.66. The highest BCUT2D eigenvalue weighted by Gasteiger charge is 2.33. The Morgan fingerprint density at radius 3 is 2.35 bits per heavy atom. The Morgan fingerprint density at radius 2 is 1.82 bits per heavy atom. The Bertz CT molecular complexity index is 261. The number of aliphatic carboxylic acids is 1. The standard InChI is InChI=1S/C13H23NO3/c1-2-3-4-5-6-7-12(15)14(10-13(16)17)11-8-9-11/h11H,2-10H2,1H3,(H,16,17). The monoisotopic (exact) mass is 241 g/mol. The second-order valence-corrected chi connectivity index (χ2v) is 4.81. The number of amides is 1. The summed E-state index contributed by atoms with van der Waals surface area (Å²) in [5.74, 6) is -0.886. The molecule has 0 radical (unpaired) electrons. The number of carboxylic acids is 1. The van der Waals surface area contributed by atoms with Crippen molar-refractivity contribution in [3.63, 3.8) is 0 Å². The molecule has 17 heavy (non-hydrogen) atoms. The van der Waals surface area contributed by atoms with Crippen molar-refractivity contribution in [3.05, 3.63) is 0 Å². The van der Waals surface area contributed by atoms with E-state index >= 15 is 0 Å². The van der Waals surface area contributed by atoms with Crippen molar-refractivity contribution in [1.29, 1.82) is 0 Å². The summed E-state index contributed by atoms with van der Waals surface area (Å²) in [5, 5.41) is 8.76. The number of hydrogen-bond donors (Lipinski definition) is 1. The molecule has 0 unspecified atom stereocenters. The summed E-state index contributed by atoms with van der Waals surface area (Å²) in [6.45, 7) is 2.03. The fourth-order valence-electron chi connectivity index (χ4n) is 1.98. The molecule has 0 spiro atoms. The highest BCUT2D eigenvalue weighted by atomic mass is 16.4. The van der Waals surface area contributed by atoms with Crippen LogP contribution >= 0.6 is 0 Å².